The van der Waals surface area contributed by atoms with Gasteiger partial charge in [0.1, 0.15) is 0 Å². The van der Waals surface area contributed by atoms with E-state index in [1.807, 2.05) is 13.8 Å². The molecule has 0 unspecified atom stereocenters. The smallest absolute Gasteiger partial charge is 0.241 e. The molecule has 0 radical (unpaired) electrons. The lowest BCUT2D eigenvalue weighted by Crippen LogP contribution is -2.46. The molecule has 1 amide bonds. The zero-order valence-electron chi connectivity index (χ0n) is 15.6. The van der Waals surface area contributed by atoms with Crippen LogP contribution in [0.1, 0.15) is 33.1 Å². The minimum absolute atomic E-state index is 0.0554. The van der Waals surface area contributed by atoms with E-state index in [1.165, 1.54) is 12.1 Å². The number of carbonyl (C=O) groups is 1. The maximum atomic E-state index is 12.7. The van der Waals surface area contributed by atoms with Gasteiger partial charge in [0.05, 0.1) is 9.79 Å². The largest absolute Gasteiger partial charge is 0.343 e. The molecule has 1 fully saturated rings. The van der Waals surface area contributed by atoms with Gasteiger partial charge in [0.15, 0.2) is 9.84 Å². The highest BCUT2D eigenvalue weighted by Gasteiger charge is 2.28. The molecule has 27 heavy (non-hydrogen) atoms. The van der Waals surface area contributed by atoms with Crippen LogP contribution in [0, 0.1) is 5.92 Å². The molecule has 1 aromatic carbocycles. The first-order chi connectivity index (χ1) is 12.4. The number of piperidine rings is 1. The fourth-order valence-corrected chi connectivity index (χ4v) is 5.94. The van der Waals surface area contributed by atoms with E-state index in [1.54, 1.807) is 4.90 Å². The molecular weight excluding hydrogens is 456 g/mol. The number of carbonyl (C=O) groups excluding carboxylic acids is 1. The van der Waals surface area contributed by atoms with Gasteiger partial charge in [0, 0.05) is 36.3 Å². The van der Waals surface area contributed by atoms with Crippen molar-refractivity contribution >= 4 is 41.7 Å². The Morgan fingerprint density at radius 2 is 1.81 bits per heavy atom. The van der Waals surface area contributed by atoms with Gasteiger partial charge >= 0.3 is 0 Å². The van der Waals surface area contributed by atoms with E-state index in [2.05, 4.69) is 20.7 Å². The van der Waals surface area contributed by atoms with Gasteiger partial charge < -0.3 is 4.90 Å². The Kier molecular flexibility index (Phi) is 7.10. The molecule has 1 aromatic rings. The van der Waals surface area contributed by atoms with Crippen molar-refractivity contribution in [1.82, 2.24) is 9.62 Å². The van der Waals surface area contributed by atoms with Gasteiger partial charge in [-0.05, 0) is 52.9 Å². The molecule has 7 nitrogen and oxygen atoms in total. The van der Waals surface area contributed by atoms with Crippen molar-refractivity contribution in [2.24, 2.45) is 5.92 Å². The third-order valence-corrected chi connectivity index (χ3v) is 8.00. The number of halogens is 1. The average Bonchev–Trinajstić information content (AvgIpc) is 2.53. The number of amides is 1. The predicted molar refractivity (Wildman–Crippen MR) is 107 cm³/mol. The zero-order valence-corrected chi connectivity index (χ0v) is 18.8. The number of hydrogen-bond acceptors (Lipinski definition) is 5. The summed E-state index contributed by atoms with van der Waals surface area (Å²) in [5.74, 6) is 0.378. The van der Waals surface area contributed by atoms with Crippen LogP contribution < -0.4 is 4.72 Å². The molecule has 0 aliphatic carbocycles. The second kappa shape index (κ2) is 8.59. The highest BCUT2D eigenvalue weighted by molar-refractivity contribution is 9.10. The van der Waals surface area contributed by atoms with Crippen LogP contribution in [0.15, 0.2) is 32.5 Å². The van der Waals surface area contributed by atoms with Crippen molar-refractivity contribution in [1.29, 1.82) is 0 Å². The molecule has 0 bridgehead atoms. The lowest BCUT2D eigenvalue weighted by Gasteiger charge is -2.32. The number of sulfone groups is 1. The molecule has 152 valence electrons. The predicted octanol–water partition coefficient (Wildman–Crippen LogP) is 2.17. The number of nitrogens with one attached hydrogen (secondary N) is 1. The number of likely N-dealkylation sites (tertiary alicyclic amines) is 1. The number of hydrogen-bond donors (Lipinski definition) is 1. The van der Waals surface area contributed by atoms with Crippen LogP contribution in [0.4, 0.5) is 0 Å². The van der Waals surface area contributed by atoms with Gasteiger partial charge in [-0.25, -0.2) is 21.6 Å². The Hall–Kier alpha value is -0.970. The standard InChI is InChI=1S/C17H25BrN2O5S2/c1-12(2)10-17(21)20-8-6-13(7-9-20)19-27(24,25)16-11-14(26(3,22)23)4-5-15(16)18/h4-5,11-13,19H,6-10H2,1-3H3. The minimum atomic E-state index is -3.89. The third kappa shape index (κ3) is 6.00. The van der Waals surface area contributed by atoms with Gasteiger partial charge in [-0.2, -0.15) is 0 Å². The van der Waals surface area contributed by atoms with Gasteiger partial charge in [-0.15, -0.1) is 0 Å². The normalized spacial score (nSPS) is 16.7. The van der Waals surface area contributed by atoms with Crippen LogP contribution in [0.5, 0.6) is 0 Å². The fourth-order valence-electron chi connectivity index (χ4n) is 2.93. The lowest BCUT2D eigenvalue weighted by atomic mass is 10.0. The fraction of sp³-hybridized carbons (Fsp3) is 0.588. The quantitative estimate of drug-likeness (QED) is 0.671. The summed E-state index contributed by atoms with van der Waals surface area (Å²) in [7, 11) is -7.41. The van der Waals surface area contributed by atoms with Gasteiger partial charge in [-0.1, -0.05) is 13.8 Å². The summed E-state index contributed by atoms with van der Waals surface area (Å²) >= 11 is 3.18. The summed E-state index contributed by atoms with van der Waals surface area (Å²) in [6.07, 6.45) is 2.56. The molecular formula is C17H25BrN2O5S2. The van der Waals surface area contributed by atoms with E-state index in [9.17, 15) is 21.6 Å². The van der Waals surface area contributed by atoms with Crippen LogP contribution in [0.2, 0.25) is 0 Å². The minimum Gasteiger partial charge on any atom is -0.343 e. The number of rotatable bonds is 6. The maximum absolute atomic E-state index is 12.7. The summed E-state index contributed by atoms with van der Waals surface area (Å²) in [5.41, 5.74) is 0. The van der Waals surface area contributed by atoms with Crippen molar-refractivity contribution in [2.75, 3.05) is 19.3 Å². The molecule has 0 saturated carbocycles. The molecule has 0 spiro atoms. The highest BCUT2D eigenvalue weighted by atomic mass is 79.9. The van der Waals surface area contributed by atoms with E-state index in [0.29, 0.717) is 36.8 Å². The number of benzene rings is 1. The van der Waals surface area contributed by atoms with Crippen molar-refractivity contribution in [3.63, 3.8) is 0 Å². The van der Waals surface area contributed by atoms with Crippen LogP contribution in [0.25, 0.3) is 0 Å². The summed E-state index contributed by atoms with van der Waals surface area (Å²) in [4.78, 5) is 13.7. The van der Waals surface area contributed by atoms with E-state index in [-0.39, 0.29) is 27.7 Å². The SMILES string of the molecule is CC(C)CC(=O)N1CCC(NS(=O)(=O)c2cc(S(C)(=O)=O)ccc2Br)CC1. The Morgan fingerprint density at radius 3 is 2.33 bits per heavy atom. The van der Waals surface area contributed by atoms with Crippen LogP contribution in [-0.4, -0.2) is 53.0 Å². The van der Waals surface area contributed by atoms with E-state index in [4.69, 9.17) is 0 Å². The van der Waals surface area contributed by atoms with Crippen LogP contribution in [0.3, 0.4) is 0 Å². The third-order valence-electron chi connectivity index (χ3n) is 4.37. The average molecular weight is 481 g/mol. The Balaban J connectivity index is 2.09. The van der Waals surface area contributed by atoms with E-state index in [0.717, 1.165) is 12.3 Å². The Bertz CT molecular complexity index is 905. The van der Waals surface area contributed by atoms with Crippen LogP contribution >= 0.6 is 15.9 Å². The Labute approximate surface area is 169 Å². The second-order valence-electron chi connectivity index (χ2n) is 7.24. The molecule has 2 rings (SSSR count). The van der Waals surface area contributed by atoms with Crippen LogP contribution in [-0.2, 0) is 24.7 Å². The summed E-state index contributed by atoms with van der Waals surface area (Å²) in [5, 5.41) is 0. The molecule has 0 atom stereocenters. The first-order valence-electron chi connectivity index (χ1n) is 8.70. The molecule has 1 aliphatic heterocycles. The molecule has 1 saturated heterocycles. The molecule has 10 heteroatoms. The van der Waals surface area contributed by atoms with Gasteiger partial charge in [0.25, 0.3) is 0 Å². The maximum Gasteiger partial charge on any atom is 0.241 e. The van der Waals surface area contributed by atoms with Crippen molar-refractivity contribution in [3.8, 4) is 0 Å². The molecule has 1 aliphatic rings. The first kappa shape index (κ1) is 22.3. The summed E-state index contributed by atoms with van der Waals surface area (Å²) < 4.78 is 51.9. The van der Waals surface area contributed by atoms with Gasteiger partial charge in [-0.3, -0.25) is 4.79 Å². The van der Waals surface area contributed by atoms with E-state index >= 15 is 0 Å². The number of sulfonamides is 1. The lowest BCUT2D eigenvalue weighted by molar-refractivity contribution is -0.133. The first-order valence-corrected chi connectivity index (χ1v) is 12.9. The van der Waals surface area contributed by atoms with Crippen molar-refractivity contribution in [3.05, 3.63) is 22.7 Å². The van der Waals surface area contributed by atoms with Gasteiger partial charge in [0.2, 0.25) is 15.9 Å². The second-order valence-corrected chi connectivity index (χ2v) is 11.8. The van der Waals surface area contributed by atoms with Crippen molar-refractivity contribution in [2.45, 2.75) is 48.9 Å². The molecule has 1 N–H and O–H groups in total. The summed E-state index contributed by atoms with van der Waals surface area (Å²) in [6.45, 7) is 4.98. The monoisotopic (exact) mass is 480 g/mol. The Morgan fingerprint density at radius 1 is 1.22 bits per heavy atom. The highest BCUT2D eigenvalue weighted by Crippen LogP contribution is 2.26. The van der Waals surface area contributed by atoms with Crippen molar-refractivity contribution < 1.29 is 21.6 Å². The molecule has 1 heterocycles. The number of nitrogens with zero attached hydrogens (tertiary/aromatic N) is 1. The topological polar surface area (TPSA) is 101 Å². The zero-order chi connectivity index (χ0) is 20.4. The molecule has 0 aromatic heterocycles. The summed E-state index contributed by atoms with van der Waals surface area (Å²) in [6, 6.07) is 3.63. The van der Waals surface area contributed by atoms with E-state index < -0.39 is 19.9 Å².